The van der Waals surface area contributed by atoms with Crippen LogP contribution in [0.2, 0.25) is 5.02 Å². The highest BCUT2D eigenvalue weighted by Crippen LogP contribution is 2.33. The number of benzene rings is 2. The summed E-state index contributed by atoms with van der Waals surface area (Å²) in [5.74, 6) is 0.722. The van der Waals surface area contributed by atoms with Gasteiger partial charge in [0.2, 0.25) is 0 Å². The van der Waals surface area contributed by atoms with Crippen LogP contribution in [-0.2, 0) is 18.3 Å². The zero-order valence-electron chi connectivity index (χ0n) is 17.7. The van der Waals surface area contributed by atoms with E-state index in [9.17, 15) is 9.59 Å². The van der Waals surface area contributed by atoms with Crippen LogP contribution in [0.5, 0.6) is 5.75 Å². The molecular weight excluding hydrogens is 404 g/mol. The maximum atomic E-state index is 13.0. The summed E-state index contributed by atoms with van der Waals surface area (Å²) < 4.78 is 12.1. The Morgan fingerprint density at radius 1 is 1.10 bits per heavy atom. The molecule has 0 saturated heterocycles. The number of nitrogens with one attached hydrogen (secondary N) is 1. The van der Waals surface area contributed by atoms with Crippen LogP contribution in [0, 0.1) is 0 Å². The maximum Gasteiger partial charge on any atom is 0.407 e. The van der Waals surface area contributed by atoms with Gasteiger partial charge in [-0.25, -0.2) is 4.79 Å². The van der Waals surface area contributed by atoms with Crippen molar-refractivity contribution in [3.05, 3.63) is 63.5 Å². The number of hydrogen-bond donors (Lipinski definition) is 1. The molecule has 2 aromatic carbocycles. The van der Waals surface area contributed by atoms with Gasteiger partial charge >= 0.3 is 6.09 Å². The summed E-state index contributed by atoms with van der Waals surface area (Å²) in [5, 5.41) is 4.55. The molecule has 1 aromatic heterocycles. The number of ether oxygens (including phenoxy) is 2. The van der Waals surface area contributed by atoms with Gasteiger partial charge in [-0.15, -0.1) is 0 Å². The molecule has 30 heavy (non-hydrogen) atoms. The molecule has 3 aromatic rings. The topological polar surface area (TPSA) is 69.6 Å². The summed E-state index contributed by atoms with van der Waals surface area (Å²) in [5.41, 5.74) is 1.55. The smallest absolute Gasteiger partial charge is 0.407 e. The van der Waals surface area contributed by atoms with E-state index in [0.29, 0.717) is 16.1 Å². The highest BCUT2D eigenvalue weighted by Gasteiger charge is 2.20. The number of fused-ring (bicyclic) bond motifs is 1. The number of carbonyl (C=O) groups excluding carboxylic acids is 1. The number of pyridine rings is 1. The summed E-state index contributed by atoms with van der Waals surface area (Å²) in [4.78, 5) is 25.2. The molecule has 0 radical (unpaired) electrons. The molecule has 0 atom stereocenters. The normalized spacial score (nSPS) is 11.4. The van der Waals surface area contributed by atoms with E-state index in [0.717, 1.165) is 22.3 Å². The Kier molecular flexibility index (Phi) is 6.08. The van der Waals surface area contributed by atoms with E-state index in [-0.39, 0.29) is 12.1 Å². The molecule has 0 aliphatic rings. The monoisotopic (exact) mass is 428 g/mol. The highest BCUT2D eigenvalue weighted by atomic mass is 35.5. The minimum atomic E-state index is -0.619. The number of amides is 1. The molecule has 7 heteroatoms. The lowest BCUT2D eigenvalue weighted by Crippen LogP contribution is -2.34. The van der Waals surface area contributed by atoms with Crippen LogP contribution < -0.4 is 15.6 Å². The Morgan fingerprint density at radius 3 is 2.37 bits per heavy atom. The van der Waals surface area contributed by atoms with Crippen LogP contribution in [0.1, 0.15) is 26.5 Å². The quantitative estimate of drug-likeness (QED) is 0.642. The van der Waals surface area contributed by atoms with Gasteiger partial charge in [-0.05, 0) is 62.1 Å². The van der Waals surface area contributed by atoms with E-state index in [4.69, 9.17) is 21.1 Å². The first-order valence-electron chi connectivity index (χ1n) is 9.53. The third-order valence-corrected chi connectivity index (χ3v) is 4.89. The number of methoxy groups -OCH3 is 1. The first kappa shape index (κ1) is 21.7. The van der Waals surface area contributed by atoms with Gasteiger partial charge in [-0.2, -0.15) is 0 Å². The Bertz CT molecular complexity index is 1150. The van der Waals surface area contributed by atoms with Gasteiger partial charge in [0.05, 0.1) is 13.7 Å². The van der Waals surface area contributed by atoms with Crippen LogP contribution in [0.25, 0.3) is 21.9 Å². The van der Waals surface area contributed by atoms with Crippen molar-refractivity contribution in [1.82, 2.24) is 9.88 Å². The summed E-state index contributed by atoms with van der Waals surface area (Å²) >= 11 is 6.25. The van der Waals surface area contributed by atoms with Crippen molar-refractivity contribution in [2.45, 2.75) is 32.9 Å². The van der Waals surface area contributed by atoms with E-state index in [1.165, 1.54) is 0 Å². The standard InChI is InChI=1S/C23H25ClN2O4/c1-23(2,3)30-22(28)25-13-19-20(14-6-9-16(29-5)10-7-14)18-12-15(24)8-11-17(18)21(27)26(19)4/h6-12H,13H2,1-5H3,(H,25,28). The maximum absolute atomic E-state index is 13.0. The fourth-order valence-electron chi connectivity index (χ4n) is 3.29. The van der Waals surface area contributed by atoms with Gasteiger partial charge < -0.3 is 19.4 Å². The number of nitrogens with zero attached hydrogens (tertiary/aromatic N) is 1. The van der Waals surface area contributed by atoms with Crippen molar-refractivity contribution in [2.24, 2.45) is 7.05 Å². The lowest BCUT2D eigenvalue weighted by atomic mass is 9.96. The molecule has 0 bridgehead atoms. The zero-order chi connectivity index (χ0) is 22.1. The number of rotatable bonds is 4. The average Bonchev–Trinajstić information content (AvgIpc) is 2.68. The highest BCUT2D eigenvalue weighted by molar-refractivity contribution is 6.31. The van der Waals surface area contributed by atoms with Gasteiger partial charge in [-0.1, -0.05) is 23.7 Å². The van der Waals surface area contributed by atoms with Gasteiger partial charge in [0.25, 0.3) is 5.56 Å². The molecule has 6 nitrogen and oxygen atoms in total. The van der Waals surface area contributed by atoms with Crippen molar-refractivity contribution < 1.29 is 14.3 Å². The SMILES string of the molecule is COc1ccc(-c2c(CNC(=O)OC(C)(C)C)n(C)c(=O)c3ccc(Cl)cc23)cc1. The first-order chi connectivity index (χ1) is 14.1. The fourth-order valence-corrected chi connectivity index (χ4v) is 3.47. The second-order valence-electron chi connectivity index (χ2n) is 7.96. The van der Waals surface area contributed by atoms with E-state index >= 15 is 0 Å². The molecule has 0 saturated carbocycles. The molecule has 158 valence electrons. The van der Waals surface area contributed by atoms with Crippen LogP contribution >= 0.6 is 11.6 Å². The Balaban J connectivity index is 2.17. The van der Waals surface area contributed by atoms with E-state index in [1.807, 2.05) is 24.3 Å². The van der Waals surface area contributed by atoms with Crippen molar-refractivity contribution in [3.63, 3.8) is 0 Å². The number of halogens is 1. The predicted molar refractivity (Wildman–Crippen MR) is 119 cm³/mol. The summed E-state index contributed by atoms with van der Waals surface area (Å²) in [7, 11) is 3.29. The first-order valence-corrected chi connectivity index (χ1v) is 9.91. The van der Waals surface area contributed by atoms with Gasteiger partial charge in [0.1, 0.15) is 11.4 Å². The number of aromatic nitrogens is 1. The van der Waals surface area contributed by atoms with E-state index in [1.54, 1.807) is 57.7 Å². The second kappa shape index (κ2) is 8.40. The summed E-state index contributed by atoms with van der Waals surface area (Å²) in [6.45, 7) is 5.50. The molecule has 0 unspecified atom stereocenters. The third kappa shape index (κ3) is 4.60. The van der Waals surface area contributed by atoms with Crippen LogP contribution in [0.15, 0.2) is 47.3 Å². The molecule has 3 rings (SSSR count). The molecule has 0 aliphatic carbocycles. The van der Waals surface area contributed by atoms with E-state index in [2.05, 4.69) is 5.32 Å². The Morgan fingerprint density at radius 2 is 1.77 bits per heavy atom. The van der Waals surface area contributed by atoms with Crippen LogP contribution in [0.3, 0.4) is 0 Å². The lowest BCUT2D eigenvalue weighted by Gasteiger charge is -2.21. The largest absolute Gasteiger partial charge is 0.497 e. The van der Waals surface area contributed by atoms with Gasteiger partial charge in [0, 0.05) is 28.7 Å². The molecule has 0 aliphatic heterocycles. The number of hydrogen-bond acceptors (Lipinski definition) is 4. The molecule has 1 heterocycles. The van der Waals surface area contributed by atoms with Crippen molar-refractivity contribution in [1.29, 1.82) is 0 Å². The van der Waals surface area contributed by atoms with Gasteiger partial charge in [0.15, 0.2) is 0 Å². The molecule has 0 fully saturated rings. The van der Waals surface area contributed by atoms with E-state index < -0.39 is 11.7 Å². The molecule has 0 spiro atoms. The average molecular weight is 429 g/mol. The van der Waals surface area contributed by atoms with Crippen molar-refractivity contribution >= 4 is 28.5 Å². The lowest BCUT2D eigenvalue weighted by molar-refractivity contribution is 0.0522. The fraction of sp³-hybridized carbons (Fsp3) is 0.304. The number of carbonyl (C=O) groups is 1. The zero-order valence-corrected chi connectivity index (χ0v) is 18.5. The van der Waals surface area contributed by atoms with Crippen molar-refractivity contribution in [2.75, 3.05) is 7.11 Å². The molecular formula is C23H25ClN2O4. The summed E-state index contributed by atoms with van der Waals surface area (Å²) in [6, 6.07) is 12.7. The predicted octanol–water partition coefficient (Wildman–Crippen LogP) is 4.89. The minimum Gasteiger partial charge on any atom is -0.497 e. The van der Waals surface area contributed by atoms with Crippen LogP contribution in [0.4, 0.5) is 4.79 Å². The van der Waals surface area contributed by atoms with Crippen molar-refractivity contribution in [3.8, 4) is 16.9 Å². The summed E-state index contributed by atoms with van der Waals surface area (Å²) in [6.07, 6.45) is -0.554. The molecule has 1 N–H and O–H groups in total. The Hall–Kier alpha value is -2.99. The second-order valence-corrected chi connectivity index (χ2v) is 8.40. The van der Waals surface area contributed by atoms with Crippen LogP contribution in [-0.4, -0.2) is 23.4 Å². The minimum absolute atomic E-state index is 0.116. The Labute approximate surface area is 180 Å². The number of alkyl carbamates (subject to hydrolysis) is 1. The molecule has 1 amide bonds. The van der Waals surface area contributed by atoms with Gasteiger partial charge in [-0.3, -0.25) is 4.79 Å². The third-order valence-electron chi connectivity index (χ3n) is 4.66.